The van der Waals surface area contributed by atoms with Gasteiger partial charge in [-0.2, -0.15) is 0 Å². The van der Waals surface area contributed by atoms with Crippen molar-refractivity contribution in [2.75, 3.05) is 11.4 Å². The summed E-state index contributed by atoms with van der Waals surface area (Å²) in [5.74, 6) is 0.836. The molecule has 21 heavy (non-hydrogen) atoms. The van der Waals surface area contributed by atoms with Gasteiger partial charge in [-0.05, 0) is 30.9 Å². The highest BCUT2D eigenvalue weighted by atomic mass is 32.2. The predicted octanol–water partition coefficient (Wildman–Crippen LogP) is 6.23. The molecule has 0 amide bonds. The second-order valence-corrected chi connectivity index (χ2v) is 7.27. The smallest absolute Gasteiger partial charge is 0.0551 e. The quantitative estimate of drug-likeness (QED) is 0.413. The lowest BCUT2D eigenvalue weighted by Gasteiger charge is -2.28. The molecule has 1 heterocycles. The van der Waals surface area contributed by atoms with Crippen molar-refractivity contribution in [3.63, 3.8) is 0 Å². The molecule has 114 valence electrons. The van der Waals surface area contributed by atoms with Crippen molar-refractivity contribution >= 4 is 17.4 Å². The van der Waals surface area contributed by atoms with Crippen molar-refractivity contribution in [2.24, 2.45) is 5.92 Å². The van der Waals surface area contributed by atoms with Crippen molar-refractivity contribution in [3.8, 4) is 0 Å². The maximum absolute atomic E-state index is 3.88. The summed E-state index contributed by atoms with van der Waals surface area (Å²) in [6.45, 7) is 9.38. The van der Waals surface area contributed by atoms with Gasteiger partial charge in [0.25, 0.3) is 0 Å². The van der Waals surface area contributed by atoms with Crippen LogP contribution in [-0.4, -0.2) is 6.54 Å². The van der Waals surface area contributed by atoms with E-state index in [0.717, 1.165) is 12.5 Å². The van der Waals surface area contributed by atoms with Crippen molar-refractivity contribution in [3.05, 3.63) is 48.0 Å². The lowest BCUT2D eigenvalue weighted by molar-refractivity contribution is 0.528. The molecule has 1 aliphatic heterocycles. The molecule has 2 rings (SSSR count). The Morgan fingerprint density at radius 3 is 2.76 bits per heavy atom. The first kappa shape index (κ1) is 16.2. The monoisotopic (exact) mass is 301 g/mol. The van der Waals surface area contributed by atoms with Gasteiger partial charge in [-0.25, -0.2) is 0 Å². The van der Waals surface area contributed by atoms with Crippen LogP contribution in [-0.2, 0) is 0 Å². The summed E-state index contributed by atoms with van der Waals surface area (Å²) in [5, 5.41) is 0. The topological polar surface area (TPSA) is 3.24 Å². The SMILES string of the molecule is C=CCN1C=C(CCCCCC(C)C)Sc2ccccc21. The molecule has 1 aromatic rings. The van der Waals surface area contributed by atoms with E-state index in [4.69, 9.17) is 0 Å². The van der Waals surface area contributed by atoms with Gasteiger partial charge < -0.3 is 4.90 Å². The van der Waals surface area contributed by atoms with Crippen molar-refractivity contribution in [1.82, 2.24) is 0 Å². The number of hydrogen-bond acceptors (Lipinski definition) is 2. The molecule has 0 unspecified atom stereocenters. The zero-order chi connectivity index (χ0) is 15.1. The third-order valence-electron chi connectivity index (χ3n) is 3.75. The number of para-hydroxylation sites is 1. The summed E-state index contributed by atoms with van der Waals surface area (Å²) in [5.41, 5.74) is 1.31. The van der Waals surface area contributed by atoms with Crippen molar-refractivity contribution in [1.29, 1.82) is 0 Å². The molecule has 0 fully saturated rings. The Balaban J connectivity index is 1.90. The average molecular weight is 301 g/mol. The molecule has 0 spiro atoms. The fraction of sp³-hybridized carbons (Fsp3) is 0.474. The highest BCUT2D eigenvalue weighted by molar-refractivity contribution is 8.03. The van der Waals surface area contributed by atoms with Gasteiger partial charge in [0.1, 0.15) is 0 Å². The van der Waals surface area contributed by atoms with Gasteiger partial charge in [-0.15, -0.1) is 6.58 Å². The molecule has 0 atom stereocenters. The van der Waals surface area contributed by atoms with E-state index in [2.05, 4.69) is 55.8 Å². The summed E-state index contributed by atoms with van der Waals surface area (Å²) in [6, 6.07) is 8.66. The summed E-state index contributed by atoms with van der Waals surface area (Å²) in [7, 11) is 0. The third-order valence-corrected chi connectivity index (χ3v) is 4.88. The van der Waals surface area contributed by atoms with Gasteiger partial charge in [0, 0.05) is 22.5 Å². The zero-order valence-corrected chi connectivity index (χ0v) is 14.2. The van der Waals surface area contributed by atoms with E-state index in [1.165, 1.54) is 47.6 Å². The average Bonchev–Trinajstić information content (AvgIpc) is 2.47. The number of anilines is 1. The van der Waals surface area contributed by atoms with Crippen LogP contribution in [0.25, 0.3) is 0 Å². The summed E-state index contributed by atoms with van der Waals surface area (Å²) in [6.07, 6.45) is 10.9. The van der Waals surface area contributed by atoms with E-state index in [1.807, 2.05) is 17.8 Å². The summed E-state index contributed by atoms with van der Waals surface area (Å²) < 4.78 is 0. The van der Waals surface area contributed by atoms with Crippen molar-refractivity contribution < 1.29 is 0 Å². The Bertz CT molecular complexity index is 490. The number of benzene rings is 1. The summed E-state index contributed by atoms with van der Waals surface area (Å²) in [4.78, 5) is 5.18. The van der Waals surface area contributed by atoms with Crippen LogP contribution >= 0.6 is 11.8 Å². The number of hydrogen-bond donors (Lipinski definition) is 0. The largest absolute Gasteiger partial charge is 0.342 e. The molecule has 0 radical (unpaired) electrons. The molecule has 0 aromatic heterocycles. The van der Waals surface area contributed by atoms with E-state index in [1.54, 1.807) is 0 Å². The minimum absolute atomic E-state index is 0.836. The second-order valence-electron chi connectivity index (χ2n) is 6.10. The van der Waals surface area contributed by atoms with Gasteiger partial charge in [-0.1, -0.05) is 63.1 Å². The molecule has 1 aromatic carbocycles. The normalized spacial score (nSPS) is 14.0. The van der Waals surface area contributed by atoms with E-state index in [9.17, 15) is 0 Å². The van der Waals surface area contributed by atoms with Gasteiger partial charge in [0.15, 0.2) is 0 Å². The van der Waals surface area contributed by atoms with Crippen LogP contribution in [0.4, 0.5) is 5.69 Å². The molecule has 0 aliphatic carbocycles. The van der Waals surface area contributed by atoms with Crippen molar-refractivity contribution in [2.45, 2.75) is 50.8 Å². The fourth-order valence-electron chi connectivity index (χ4n) is 2.63. The third kappa shape index (κ3) is 4.96. The molecule has 1 aliphatic rings. The molecule has 0 N–H and O–H groups in total. The van der Waals surface area contributed by atoms with E-state index >= 15 is 0 Å². The molecular weight excluding hydrogens is 274 g/mol. The molecule has 0 saturated carbocycles. The van der Waals surface area contributed by atoms with Crippen LogP contribution in [0.15, 0.2) is 52.9 Å². The number of unbranched alkanes of at least 4 members (excludes halogenated alkanes) is 2. The van der Waals surface area contributed by atoms with Crippen LogP contribution in [0.3, 0.4) is 0 Å². The number of thioether (sulfide) groups is 1. The highest BCUT2D eigenvalue weighted by Crippen LogP contribution is 2.41. The molecule has 2 heteroatoms. The van der Waals surface area contributed by atoms with E-state index in [-0.39, 0.29) is 0 Å². The Labute approximate surface area is 134 Å². The van der Waals surface area contributed by atoms with Gasteiger partial charge >= 0.3 is 0 Å². The first-order chi connectivity index (χ1) is 10.2. The highest BCUT2D eigenvalue weighted by Gasteiger charge is 2.16. The fourth-order valence-corrected chi connectivity index (χ4v) is 3.77. The molecular formula is C19H27NS. The lowest BCUT2D eigenvalue weighted by Crippen LogP contribution is -2.19. The Morgan fingerprint density at radius 2 is 2.00 bits per heavy atom. The van der Waals surface area contributed by atoms with Gasteiger partial charge in [0.2, 0.25) is 0 Å². The minimum Gasteiger partial charge on any atom is -0.342 e. The first-order valence-corrected chi connectivity index (χ1v) is 8.87. The van der Waals surface area contributed by atoms with Crippen LogP contribution in [0.5, 0.6) is 0 Å². The Hall–Kier alpha value is -1.15. The number of rotatable bonds is 8. The minimum atomic E-state index is 0.836. The number of fused-ring (bicyclic) bond motifs is 1. The van der Waals surface area contributed by atoms with E-state index < -0.39 is 0 Å². The Morgan fingerprint density at radius 1 is 1.19 bits per heavy atom. The Kier molecular flexibility index (Phi) is 6.44. The molecule has 0 saturated heterocycles. The molecule has 0 bridgehead atoms. The summed E-state index contributed by atoms with van der Waals surface area (Å²) >= 11 is 1.94. The number of allylic oxidation sites excluding steroid dienone is 1. The predicted molar refractivity (Wildman–Crippen MR) is 95.8 cm³/mol. The first-order valence-electron chi connectivity index (χ1n) is 8.06. The van der Waals surface area contributed by atoms with Crippen LogP contribution < -0.4 is 4.90 Å². The van der Waals surface area contributed by atoms with Crippen LogP contribution in [0, 0.1) is 5.92 Å². The standard InChI is InChI=1S/C19H27NS/c1-4-14-20-15-17(11-7-5-6-10-16(2)3)21-19-13-9-8-12-18(19)20/h4,8-9,12-13,15-16H,1,5-7,10-11,14H2,2-3H3. The van der Waals surface area contributed by atoms with E-state index in [0.29, 0.717) is 0 Å². The van der Waals surface area contributed by atoms with Gasteiger partial charge in [-0.3, -0.25) is 0 Å². The molecule has 1 nitrogen and oxygen atoms in total. The van der Waals surface area contributed by atoms with Crippen LogP contribution in [0.2, 0.25) is 0 Å². The number of nitrogens with zero attached hydrogens (tertiary/aromatic N) is 1. The van der Waals surface area contributed by atoms with Crippen LogP contribution in [0.1, 0.15) is 46.0 Å². The maximum atomic E-state index is 3.88. The zero-order valence-electron chi connectivity index (χ0n) is 13.3. The lowest BCUT2D eigenvalue weighted by atomic mass is 10.0. The maximum Gasteiger partial charge on any atom is 0.0551 e. The second kappa shape index (κ2) is 8.33. The van der Waals surface area contributed by atoms with Gasteiger partial charge in [0.05, 0.1) is 5.69 Å².